The second kappa shape index (κ2) is 12.2. The van der Waals surface area contributed by atoms with Crippen molar-refractivity contribution in [3.8, 4) is 0 Å². The van der Waals surface area contributed by atoms with E-state index < -0.39 is 6.04 Å². The van der Waals surface area contributed by atoms with Gasteiger partial charge in [-0.25, -0.2) is 0 Å². The summed E-state index contributed by atoms with van der Waals surface area (Å²) < 4.78 is 0. The number of amides is 2. The predicted molar refractivity (Wildman–Crippen MR) is 123 cm³/mol. The summed E-state index contributed by atoms with van der Waals surface area (Å²) in [6.45, 7) is 9.34. The molecule has 0 saturated heterocycles. The van der Waals surface area contributed by atoms with Crippen molar-refractivity contribution in [2.75, 3.05) is 6.54 Å². The van der Waals surface area contributed by atoms with E-state index in [4.69, 9.17) is 0 Å². The lowest BCUT2D eigenvalue weighted by Crippen LogP contribution is -2.47. The Kier molecular flexibility index (Phi) is 9.59. The first-order valence-electron chi connectivity index (χ1n) is 11.1. The molecule has 162 valence electrons. The molecule has 0 aliphatic heterocycles. The van der Waals surface area contributed by atoms with Crippen LogP contribution in [-0.2, 0) is 22.6 Å². The van der Waals surface area contributed by atoms with Crippen LogP contribution in [0.2, 0.25) is 0 Å². The van der Waals surface area contributed by atoms with Crippen molar-refractivity contribution in [2.24, 2.45) is 0 Å². The summed E-state index contributed by atoms with van der Waals surface area (Å²) in [5.41, 5.74) is 3.47. The molecule has 4 nitrogen and oxygen atoms in total. The Bertz CT molecular complexity index is 784. The minimum Gasteiger partial charge on any atom is -0.354 e. The highest BCUT2D eigenvalue weighted by molar-refractivity contribution is 5.87. The maximum Gasteiger partial charge on any atom is 0.242 e. The van der Waals surface area contributed by atoms with Crippen molar-refractivity contribution < 1.29 is 9.59 Å². The van der Waals surface area contributed by atoms with Crippen molar-refractivity contribution in [2.45, 2.75) is 71.9 Å². The largest absolute Gasteiger partial charge is 0.354 e. The van der Waals surface area contributed by atoms with Crippen LogP contribution in [-0.4, -0.2) is 29.3 Å². The lowest BCUT2D eigenvalue weighted by atomic mass is 10.00. The Labute approximate surface area is 181 Å². The summed E-state index contributed by atoms with van der Waals surface area (Å²) >= 11 is 0. The van der Waals surface area contributed by atoms with Crippen LogP contribution in [0.15, 0.2) is 54.6 Å². The van der Waals surface area contributed by atoms with Crippen LogP contribution in [0.1, 0.15) is 69.6 Å². The van der Waals surface area contributed by atoms with E-state index in [0.29, 0.717) is 31.8 Å². The van der Waals surface area contributed by atoms with E-state index in [2.05, 4.69) is 50.4 Å². The molecule has 1 atom stereocenters. The molecule has 0 aliphatic rings. The van der Waals surface area contributed by atoms with Gasteiger partial charge in [0.15, 0.2) is 0 Å². The van der Waals surface area contributed by atoms with E-state index in [1.807, 2.05) is 37.3 Å². The quantitative estimate of drug-likeness (QED) is 0.527. The van der Waals surface area contributed by atoms with Crippen molar-refractivity contribution in [3.63, 3.8) is 0 Å². The molecule has 2 aromatic rings. The minimum atomic E-state index is -0.502. The Balaban J connectivity index is 2.06. The van der Waals surface area contributed by atoms with Crippen LogP contribution in [0, 0.1) is 0 Å². The monoisotopic (exact) mass is 408 g/mol. The molecule has 0 aliphatic carbocycles. The molecular weight excluding hydrogens is 372 g/mol. The van der Waals surface area contributed by atoms with Crippen LogP contribution in [0.3, 0.4) is 0 Å². The first-order valence-corrected chi connectivity index (χ1v) is 11.1. The van der Waals surface area contributed by atoms with E-state index in [0.717, 1.165) is 24.0 Å². The Morgan fingerprint density at radius 1 is 0.933 bits per heavy atom. The van der Waals surface area contributed by atoms with E-state index >= 15 is 0 Å². The third-order valence-corrected chi connectivity index (χ3v) is 5.47. The molecule has 0 saturated carbocycles. The number of nitrogens with one attached hydrogen (secondary N) is 1. The van der Waals surface area contributed by atoms with Crippen LogP contribution in [0.4, 0.5) is 0 Å². The second-order valence-electron chi connectivity index (χ2n) is 8.22. The topological polar surface area (TPSA) is 49.4 Å². The number of unbranched alkanes of at least 4 members (excludes halogenated alkanes) is 1. The number of rotatable bonds is 11. The van der Waals surface area contributed by atoms with Crippen LogP contribution in [0.25, 0.3) is 0 Å². The number of hydrogen-bond acceptors (Lipinski definition) is 2. The van der Waals surface area contributed by atoms with Gasteiger partial charge in [-0.15, -0.1) is 0 Å². The molecule has 0 radical (unpaired) electrons. The summed E-state index contributed by atoms with van der Waals surface area (Å²) in [6.07, 6.45) is 3.03. The van der Waals surface area contributed by atoms with Gasteiger partial charge >= 0.3 is 0 Å². The van der Waals surface area contributed by atoms with Crippen molar-refractivity contribution in [1.82, 2.24) is 10.2 Å². The third kappa shape index (κ3) is 7.33. The summed E-state index contributed by atoms with van der Waals surface area (Å²) in [4.78, 5) is 27.4. The SMILES string of the molecule is CCCCNC(=O)[C@@H](C)N(Cc1ccccc1)C(=O)CCc1ccc(C(C)C)cc1. The highest BCUT2D eigenvalue weighted by atomic mass is 16.2. The minimum absolute atomic E-state index is 0.00457. The van der Waals surface area contributed by atoms with Crippen molar-refractivity contribution in [1.29, 1.82) is 0 Å². The van der Waals surface area contributed by atoms with Crippen LogP contribution < -0.4 is 5.32 Å². The van der Waals surface area contributed by atoms with E-state index in [-0.39, 0.29) is 11.8 Å². The zero-order valence-electron chi connectivity index (χ0n) is 18.9. The lowest BCUT2D eigenvalue weighted by Gasteiger charge is -2.29. The molecule has 2 amide bonds. The maximum absolute atomic E-state index is 13.1. The molecule has 0 fully saturated rings. The standard InChI is InChI=1S/C26H36N2O2/c1-5-6-18-27-26(30)21(4)28(19-23-10-8-7-9-11-23)25(29)17-14-22-12-15-24(16-13-22)20(2)3/h7-13,15-16,20-21H,5-6,14,17-19H2,1-4H3,(H,27,30)/t21-/m1/s1. The summed E-state index contributed by atoms with van der Waals surface area (Å²) in [5.74, 6) is 0.410. The summed E-state index contributed by atoms with van der Waals surface area (Å²) in [5, 5.41) is 2.96. The molecule has 4 heteroatoms. The summed E-state index contributed by atoms with van der Waals surface area (Å²) in [7, 11) is 0. The van der Waals surface area contributed by atoms with Gasteiger partial charge in [-0.2, -0.15) is 0 Å². The first-order chi connectivity index (χ1) is 14.4. The normalized spacial score (nSPS) is 11.9. The van der Waals surface area contributed by atoms with Gasteiger partial charge in [0.1, 0.15) is 6.04 Å². The molecular formula is C26H36N2O2. The molecule has 0 aromatic heterocycles. The number of aryl methyl sites for hydroxylation is 1. The van der Waals surface area contributed by atoms with Gasteiger partial charge in [-0.3, -0.25) is 9.59 Å². The number of hydrogen-bond donors (Lipinski definition) is 1. The van der Waals surface area contributed by atoms with Gasteiger partial charge < -0.3 is 10.2 Å². The Morgan fingerprint density at radius 3 is 2.20 bits per heavy atom. The molecule has 30 heavy (non-hydrogen) atoms. The van der Waals surface area contributed by atoms with Crippen LogP contribution >= 0.6 is 0 Å². The van der Waals surface area contributed by atoms with Crippen molar-refractivity contribution in [3.05, 3.63) is 71.3 Å². The highest BCUT2D eigenvalue weighted by Crippen LogP contribution is 2.17. The van der Waals surface area contributed by atoms with E-state index in [9.17, 15) is 9.59 Å². The van der Waals surface area contributed by atoms with Gasteiger partial charge in [0, 0.05) is 19.5 Å². The molecule has 0 spiro atoms. The van der Waals surface area contributed by atoms with Gasteiger partial charge in [0.25, 0.3) is 0 Å². The average Bonchev–Trinajstić information content (AvgIpc) is 2.76. The predicted octanol–water partition coefficient (Wildman–Crippen LogP) is 5.08. The van der Waals surface area contributed by atoms with E-state index in [1.54, 1.807) is 4.90 Å². The van der Waals surface area contributed by atoms with Crippen molar-refractivity contribution >= 4 is 11.8 Å². The Hall–Kier alpha value is -2.62. The fourth-order valence-corrected chi connectivity index (χ4v) is 3.36. The van der Waals surface area contributed by atoms with Gasteiger partial charge in [0.2, 0.25) is 11.8 Å². The maximum atomic E-state index is 13.1. The number of nitrogens with zero attached hydrogens (tertiary/aromatic N) is 1. The zero-order chi connectivity index (χ0) is 21.9. The molecule has 0 unspecified atom stereocenters. The fourth-order valence-electron chi connectivity index (χ4n) is 3.36. The molecule has 1 N–H and O–H groups in total. The highest BCUT2D eigenvalue weighted by Gasteiger charge is 2.25. The van der Waals surface area contributed by atoms with Gasteiger partial charge in [-0.05, 0) is 42.4 Å². The number of carbonyl (C=O) groups is 2. The average molecular weight is 409 g/mol. The molecule has 2 aromatic carbocycles. The lowest BCUT2D eigenvalue weighted by molar-refractivity contribution is -0.140. The smallest absolute Gasteiger partial charge is 0.242 e. The van der Waals surface area contributed by atoms with Gasteiger partial charge in [0.05, 0.1) is 0 Å². The molecule has 0 heterocycles. The number of carbonyl (C=O) groups excluding carboxylic acids is 2. The summed E-state index contributed by atoms with van der Waals surface area (Å²) in [6, 6.07) is 17.8. The van der Waals surface area contributed by atoms with E-state index in [1.165, 1.54) is 5.56 Å². The molecule has 0 bridgehead atoms. The molecule has 2 rings (SSSR count). The number of benzene rings is 2. The first kappa shape index (κ1) is 23.7. The second-order valence-corrected chi connectivity index (χ2v) is 8.22. The van der Waals surface area contributed by atoms with Crippen LogP contribution in [0.5, 0.6) is 0 Å². The third-order valence-electron chi connectivity index (χ3n) is 5.47. The Morgan fingerprint density at radius 2 is 1.60 bits per heavy atom. The van der Waals surface area contributed by atoms with Gasteiger partial charge in [-0.1, -0.05) is 81.8 Å². The fraction of sp³-hybridized carbons (Fsp3) is 0.462. The zero-order valence-corrected chi connectivity index (χ0v) is 18.9.